The van der Waals surface area contributed by atoms with E-state index in [-0.39, 0.29) is 0 Å². The van der Waals surface area contributed by atoms with E-state index in [1.54, 1.807) is 14.2 Å². The normalized spacial score (nSPS) is 10.5. The van der Waals surface area contributed by atoms with Crippen molar-refractivity contribution in [1.82, 2.24) is 0 Å². The molecule has 0 aromatic heterocycles. The summed E-state index contributed by atoms with van der Waals surface area (Å²) in [4.78, 5) is 0. The molecule has 2 rings (SSSR count). The molecule has 2 aromatic rings. The molecule has 0 aliphatic heterocycles. The molecule has 0 aliphatic carbocycles. The zero-order chi connectivity index (χ0) is 15.8. The van der Waals surface area contributed by atoms with Gasteiger partial charge in [0.1, 0.15) is 11.5 Å². The number of methoxy groups -OCH3 is 2. The van der Waals surface area contributed by atoms with Gasteiger partial charge in [0.2, 0.25) is 0 Å². The predicted octanol–water partition coefficient (Wildman–Crippen LogP) is 4.01. The van der Waals surface area contributed by atoms with E-state index >= 15 is 0 Å². The first-order valence-corrected chi connectivity index (χ1v) is 7.57. The van der Waals surface area contributed by atoms with Gasteiger partial charge in [0.25, 0.3) is 0 Å². The van der Waals surface area contributed by atoms with Crippen LogP contribution in [0.1, 0.15) is 23.1 Å². The van der Waals surface area contributed by atoms with Gasteiger partial charge in [-0.1, -0.05) is 18.2 Å². The van der Waals surface area contributed by atoms with Crippen LogP contribution in [0.3, 0.4) is 0 Å². The van der Waals surface area contributed by atoms with Crippen LogP contribution in [0.4, 0.5) is 0 Å². The van der Waals surface area contributed by atoms with Gasteiger partial charge in [0.05, 0.1) is 13.7 Å². The number of benzene rings is 2. The Bertz CT molecular complexity index is 576. The Morgan fingerprint density at radius 3 is 2.27 bits per heavy atom. The van der Waals surface area contributed by atoms with Gasteiger partial charge in [-0.2, -0.15) is 0 Å². The summed E-state index contributed by atoms with van der Waals surface area (Å²) in [5.41, 5.74) is 3.83. The Kier molecular flexibility index (Phi) is 6.28. The summed E-state index contributed by atoms with van der Waals surface area (Å²) in [5.74, 6) is 1.81. The topological polar surface area (TPSA) is 27.7 Å². The summed E-state index contributed by atoms with van der Waals surface area (Å²) in [7, 11) is 3.40. The third-order valence-corrected chi connectivity index (χ3v) is 3.64. The average molecular weight is 300 g/mol. The first-order chi connectivity index (χ1) is 10.7. The molecular formula is C19H24O3. The van der Waals surface area contributed by atoms with Gasteiger partial charge >= 0.3 is 0 Å². The number of hydrogen-bond acceptors (Lipinski definition) is 3. The van der Waals surface area contributed by atoms with E-state index < -0.39 is 0 Å². The molecule has 118 valence electrons. The van der Waals surface area contributed by atoms with Crippen LogP contribution in [0.2, 0.25) is 0 Å². The minimum absolute atomic E-state index is 0.683. The van der Waals surface area contributed by atoms with Crippen LogP contribution in [0.25, 0.3) is 0 Å². The van der Waals surface area contributed by atoms with Crippen molar-refractivity contribution in [3.8, 4) is 11.5 Å². The molecule has 0 bridgehead atoms. The van der Waals surface area contributed by atoms with Gasteiger partial charge in [-0.25, -0.2) is 0 Å². The fraction of sp³-hybridized carbons (Fsp3) is 0.368. The lowest BCUT2D eigenvalue weighted by Gasteiger charge is -2.10. The maximum atomic E-state index is 5.67. The van der Waals surface area contributed by atoms with Crippen LogP contribution in [-0.2, 0) is 11.2 Å². The SMILES string of the molecule is COCCCOc1ccc(Cc2cc(OC)ccc2C)cc1. The summed E-state index contributed by atoms with van der Waals surface area (Å²) >= 11 is 0. The lowest BCUT2D eigenvalue weighted by atomic mass is 10.0. The van der Waals surface area contributed by atoms with Crippen molar-refractivity contribution < 1.29 is 14.2 Å². The Morgan fingerprint density at radius 2 is 1.59 bits per heavy atom. The molecule has 22 heavy (non-hydrogen) atoms. The first kappa shape index (κ1) is 16.4. The third-order valence-electron chi connectivity index (χ3n) is 3.64. The molecule has 2 aromatic carbocycles. The van der Waals surface area contributed by atoms with Crippen molar-refractivity contribution in [2.45, 2.75) is 19.8 Å². The van der Waals surface area contributed by atoms with Crippen LogP contribution in [0.5, 0.6) is 11.5 Å². The zero-order valence-corrected chi connectivity index (χ0v) is 13.6. The van der Waals surface area contributed by atoms with E-state index in [9.17, 15) is 0 Å². The predicted molar refractivity (Wildman–Crippen MR) is 89.0 cm³/mol. The lowest BCUT2D eigenvalue weighted by Crippen LogP contribution is -2.01. The highest BCUT2D eigenvalue weighted by atomic mass is 16.5. The molecule has 0 atom stereocenters. The van der Waals surface area contributed by atoms with Crippen molar-refractivity contribution in [2.75, 3.05) is 27.4 Å². The van der Waals surface area contributed by atoms with Crippen LogP contribution in [0.15, 0.2) is 42.5 Å². The summed E-state index contributed by atoms with van der Waals surface area (Å²) in [6.45, 7) is 3.54. The molecule has 0 unspecified atom stereocenters. The first-order valence-electron chi connectivity index (χ1n) is 7.57. The highest BCUT2D eigenvalue weighted by Gasteiger charge is 2.03. The van der Waals surface area contributed by atoms with Crippen LogP contribution in [0, 0.1) is 6.92 Å². The Hall–Kier alpha value is -2.00. The second kappa shape index (κ2) is 8.44. The van der Waals surface area contributed by atoms with E-state index in [0.717, 1.165) is 30.9 Å². The molecule has 0 saturated heterocycles. The van der Waals surface area contributed by atoms with E-state index in [2.05, 4.69) is 31.2 Å². The maximum absolute atomic E-state index is 5.67. The van der Waals surface area contributed by atoms with Crippen molar-refractivity contribution >= 4 is 0 Å². The number of ether oxygens (including phenoxy) is 3. The quantitative estimate of drug-likeness (QED) is 0.689. The van der Waals surface area contributed by atoms with E-state index in [1.165, 1.54) is 16.7 Å². The molecule has 0 radical (unpaired) electrons. The van der Waals surface area contributed by atoms with Crippen molar-refractivity contribution in [2.24, 2.45) is 0 Å². The van der Waals surface area contributed by atoms with Gasteiger partial charge in [-0.15, -0.1) is 0 Å². The highest BCUT2D eigenvalue weighted by molar-refractivity contribution is 5.39. The summed E-state index contributed by atoms with van der Waals surface area (Å²) in [6, 6.07) is 14.5. The van der Waals surface area contributed by atoms with E-state index in [4.69, 9.17) is 14.2 Å². The summed E-state index contributed by atoms with van der Waals surface area (Å²) in [6.07, 6.45) is 1.80. The standard InChI is InChI=1S/C19H24O3/c1-15-5-8-19(21-3)14-17(15)13-16-6-9-18(10-7-16)22-12-4-11-20-2/h5-10,14H,4,11-13H2,1-3H3. The van der Waals surface area contributed by atoms with Gasteiger partial charge in [-0.3, -0.25) is 0 Å². The molecule has 3 nitrogen and oxygen atoms in total. The monoisotopic (exact) mass is 300 g/mol. The lowest BCUT2D eigenvalue weighted by molar-refractivity contribution is 0.172. The molecular weight excluding hydrogens is 276 g/mol. The molecule has 0 N–H and O–H groups in total. The van der Waals surface area contributed by atoms with Gasteiger partial charge < -0.3 is 14.2 Å². The zero-order valence-electron chi connectivity index (χ0n) is 13.6. The molecule has 3 heteroatoms. The van der Waals surface area contributed by atoms with E-state index in [0.29, 0.717) is 6.61 Å². The van der Waals surface area contributed by atoms with Crippen LogP contribution < -0.4 is 9.47 Å². The number of aryl methyl sites for hydroxylation is 1. The average Bonchev–Trinajstić information content (AvgIpc) is 2.55. The van der Waals surface area contributed by atoms with Crippen LogP contribution in [-0.4, -0.2) is 27.4 Å². The summed E-state index contributed by atoms with van der Waals surface area (Å²) in [5, 5.41) is 0. The highest BCUT2D eigenvalue weighted by Crippen LogP contribution is 2.21. The molecule has 0 saturated carbocycles. The number of hydrogen-bond donors (Lipinski definition) is 0. The van der Waals surface area contributed by atoms with E-state index in [1.807, 2.05) is 18.2 Å². The molecule has 0 amide bonds. The minimum Gasteiger partial charge on any atom is -0.497 e. The molecule has 0 spiro atoms. The van der Waals surface area contributed by atoms with Crippen LogP contribution >= 0.6 is 0 Å². The van der Waals surface area contributed by atoms with Crippen molar-refractivity contribution in [3.63, 3.8) is 0 Å². The molecule has 0 aliphatic rings. The van der Waals surface area contributed by atoms with Gasteiger partial charge in [-0.05, 0) is 54.3 Å². The Morgan fingerprint density at radius 1 is 0.864 bits per heavy atom. The Labute approximate surface area is 132 Å². The van der Waals surface area contributed by atoms with Crippen molar-refractivity contribution in [3.05, 3.63) is 59.2 Å². The van der Waals surface area contributed by atoms with Gasteiger partial charge in [0.15, 0.2) is 0 Å². The maximum Gasteiger partial charge on any atom is 0.119 e. The second-order valence-electron chi connectivity index (χ2n) is 5.31. The fourth-order valence-electron chi connectivity index (χ4n) is 2.28. The minimum atomic E-state index is 0.683. The molecule has 0 heterocycles. The van der Waals surface area contributed by atoms with Gasteiger partial charge in [0, 0.05) is 20.1 Å². The summed E-state index contributed by atoms with van der Waals surface area (Å²) < 4.78 is 16.0. The third kappa shape index (κ3) is 4.78. The largest absolute Gasteiger partial charge is 0.497 e. The number of rotatable bonds is 8. The Balaban J connectivity index is 1.96. The molecule has 0 fully saturated rings. The van der Waals surface area contributed by atoms with Crippen molar-refractivity contribution in [1.29, 1.82) is 0 Å². The fourth-order valence-corrected chi connectivity index (χ4v) is 2.28. The second-order valence-corrected chi connectivity index (χ2v) is 5.31. The smallest absolute Gasteiger partial charge is 0.119 e.